The average Bonchev–Trinajstić information content (AvgIpc) is 2.40. The van der Waals surface area contributed by atoms with Gasteiger partial charge in [0.05, 0.1) is 0 Å². The Kier molecular flexibility index (Phi) is 9.93. The van der Waals surface area contributed by atoms with E-state index in [1.807, 2.05) is 0 Å². The highest BCUT2D eigenvalue weighted by molar-refractivity contribution is 5.98. The Balaban J connectivity index is 4.72. The van der Waals surface area contributed by atoms with Crippen LogP contribution < -0.4 is 16.0 Å². The SMILES string of the molecule is CC(C)(C)OC(=O)/N=C(\NCCCNC(=O)OC(C)(C)C)NC(=O)OC(C)(C)C. The highest BCUT2D eigenvalue weighted by Gasteiger charge is 2.20. The molecule has 0 saturated heterocycles. The van der Waals surface area contributed by atoms with Gasteiger partial charge >= 0.3 is 18.3 Å². The topological polar surface area (TPSA) is 127 Å². The summed E-state index contributed by atoms with van der Waals surface area (Å²) >= 11 is 0. The Morgan fingerprint density at radius 3 is 1.62 bits per heavy atom. The van der Waals surface area contributed by atoms with Crippen molar-refractivity contribution in [3.63, 3.8) is 0 Å². The number of aliphatic imine (C=N–C) groups is 1. The molecule has 168 valence electrons. The van der Waals surface area contributed by atoms with Crippen LogP contribution in [0.4, 0.5) is 14.4 Å². The van der Waals surface area contributed by atoms with Crippen molar-refractivity contribution < 1.29 is 28.6 Å². The maximum Gasteiger partial charge on any atom is 0.437 e. The summed E-state index contributed by atoms with van der Waals surface area (Å²) in [7, 11) is 0. The molecule has 0 bridgehead atoms. The third kappa shape index (κ3) is 17.3. The number of hydrogen-bond acceptors (Lipinski definition) is 6. The molecule has 0 saturated carbocycles. The van der Waals surface area contributed by atoms with Crippen LogP contribution in [0.2, 0.25) is 0 Å². The maximum atomic E-state index is 12.0. The average molecular weight is 417 g/mol. The van der Waals surface area contributed by atoms with E-state index in [1.54, 1.807) is 62.3 Å². The van der Waals surface area contributed by atoms with Crippen LogP contribution in [0, 0.1) is 0 Å². The largest absolute Gasteiger partial charge is 0.444 e. The van der Waals surface area contributed by atoms with Crippen molar-refractivity contribution in [1.29, 1.82) is 0 Å². The minimum Gasteiger partial charge on any atom is -0.444 e. The van der Waals surface area contributed by atoms with Gasteiger partial charge in [-0.15, -0.1) is 4.99 Å². The number of carbonyl (C=O) groups is 3. The second kappa shape index (κ2) is 10.9. The fourth-order valence-corrected chi connectivity index (χ4v) is 1.69. The van der Waals surface area contributed by atoms with Crippen LogP contribution in [0.15, 0.2) is 4.99 Å². The van der Waals surface area contributed by atoms with Gasteiger partial charge in [0, 0.05) is 13.1 Å². The van der Waals surface area contributed by atoms with Crippen LogP contribution in [0.1, 0.15) is 68.7 Å². The number of nitrogens with zero attached hydrogens (tertiary/aromatic N) is 1. The van der Waals surface area contributed by atoms with Gasteiger partial charge in [-0.2, -0.15) is 0 Å². The normalized spacial score (nSPS) is 12.7. The Labute approximate surface area is 173 Å². The third-order valence-corrected chi connectivity index (χ3v) is 2.53. The zero-order valence-electron chi connectivity index (χ0n) is 19.0. The molecule has 3 N–H and O–H groups in total. The van der Waals surface area contributed by atoms with Crippen LogP contribution in [0.3, 0.4) is 0 Å². The molecule has 0 aliphatic carbocycles. The molecule has 0 atom stereocenters. The smallest absolute Gasteiger partial charge is 0.437 e. The van der Waals surface area contributed by atoms with Gasteiger partial charge in [0.1, 0.15) is 16.8 Å². The lowest BCUT2D eigenvalue weighted by Crippen LogP contribution is -2.45. The highest BCUT2D eigenvalue weighted by atomic mass is 16.6. The summed E-state index contributed by atoms with van der Waals surface area (Å²) in [4.78, 5) is 39.2. The lowest BCUT2D eigenvalue weighted by molar-refractivity contribution is 0.0523. The quantitative estimate of drug-likeness (QED) is 0.278. The highest BCUT2D eigenvalue weighted by Crippen LogP contribution is 2.09. The van der Waals surface area contributed by atoms with Crippen LogP contribution in [-0.2, 0) is 14.2 Å². The van der Waals surface area contributed by atoms with Gasteiger partial charge in [-0.3, -0.25) is 5.32 Å². The van der Waals surface area contributed by atoms with Gasteiger partial charge in [0.2, 0.25) is 5.96 Å². The Morgan fingerprint density at radius 1 is 0.690 bits per heavy atom. The summed E-state index contributed by atoms with van der Waals surface area (Å²) in [5.74, 6) is -0.106. The van der Waals surface area contributed by atoms with E-state index in [9.17, 15) is 14.4 Å². The number of nitrogens with one attached hydrogen (secondary N) is 3. The predicted octanol–water partition coefficient (Wildman–Crippen LogP) is 3.31. The molecule has 10 nitrogen and oxygen atoms in total. The molecular formula is C19H36N4O6. The molecule has 0 spiro atoms. The molecular weight excluding hydrogens is 380 g/mol. The predicted molar refractivity (Wildman–Crippen MR) is 110 cm³/mol. The molecule has 0 radical (unpaired) electrons. The fourth-order valence-electron chi connectivity index (χ4n) is 1.69. The summed E-state index contributed by atoms with van der Waals surface area (Å²) in [6.07, 6.45) is -1.66. The molecule has 3 amide bonds. The molecule has 29 heavy (non-hydrogen) atoms. The summed E-state index contributed by atoms with van der Waals surface area (Å²) in [5.41, 5.74) is -2.01. The number of hydrogen-bond donors (Lipinski definition) is 3. The van der Waals surface area contributed by atoms with E-state index in [1.165, 1.54) is 0 Å². The van der Waals surface area contributed by atoms with Gasteiger partial charge in [-0.25, -0.2) is 14.4 Å². The molecule has 0 aliphatic rings. The number of amides is 3. The maximum absolute atomic E-state index is 12.0. The van der Waals surface area contributed by atoms with Gasteiger partial charge in [0.15, 0.2) is 0 Å². The Morgan fingerprint density at radius 2 is 1.14 bits per heavy atom. The Hall–Kier alpha value is -2.52. The van der Waals surface area contributed by atoms with E-state index in [-0.39, 0.29) is 5.96 Å². The van der Waals surface area contributed by atoms with Crippen molar-refractivity contribution in [2.75, 3.05) is 13.1 Å². The van der Waals surface area contributed by atoms with Crippen molar-refractivity contribution in [1.82, 2.24) is 16.0 Å². The zero-order chi connectivity index (χ0) is 22.9. The van der Waals surface area contributed by atoms with Crippen LogP contribution in [-0.4, -0.2) is 54.1 Å². The molecule has 0 aliphatic heterocycles. The molecule has 0 aromatic rings. The summed E-state index contributed by atoms with van der Waals surface area (Å²) < 4.78 is 15.4. The van der Waals surface area contributed by atoms with Crippen molar-refractivity contribution in [2.24, 2.45) is 4.99 Å². The van der Waals surface area contributed by atoms with E-state index >= 15 is 0 Å². The molecule has 0 rings (SSSR count). The summed E-state index contributed by atoms with van der Waals surface area (Å²) in [6.45, 7) is 16.2. The molecule has 0 aromatic heterocycles. The summed E-state index contributed by atoms with van der Waals surface area (Å²) in [6, 6.07) is 0. The second-order valence-electron chi connectivity index (χ2n) is 9.28. The van der Waals surface area contributed by atoms with E-state index in [0.29, 0.717) is 19.5 Å². The number of alkyl carbamates (subject to hydrolysis) is 2. The lowest BCUT2D eigenvalue weighted by atomic mass is 10.2. The van der Waals surface area contributed by atoms with Crippen LogP contribution in [0.5, 0.6) is 0 Å². The minimum absolute atomic E-state index is 0.106. The minimum atomic E-state index is -0.858. The third-order valence-electron chi connectivity index (χ3n) is 2.53. The van der Waals surface area contributed by atoms with Crippen LogP contribution >= 0.6 is 0 Å². The van der Waals surface area contributed by atoms with E-state index < -0.39 is 35.1 Å². The molecule has 0 fully saturated rings. The lowest BCUT2D eigenvalue weighted by Gasteiger charge is -2.21. The number of carbonyl (C=O) groups excluding carboxylic acids is 3. The first-order valence-electron chi connectivity index (χ1n) is 9.49. The standard InChI is InChI=1S/C19H36N4O6/c1-17(2,3)27-14(24)21-12-10-11-20-13(22-15(25)28-18(4,5)6)23-16(26)29-19(7,8)9/h10-12H2,1-9H3,(H,21,24)(H2,20,22,23,25,26). The zero-order valence-corrected chi connectivity index (χ0v) is 19.0. The fraction of sp³-hybridized carbons (Fsp3) is 0.789. The van der Waals surface area contributed by atoms with Crippen molar-refractivity contribution in [3.05, 3.63) is 0 Å². The monoisotopic (exact) mass is 416 g/mol. The number of rotatable bonds is 4. The number of ether oxygens (including phenoxy) is 3. The molecule has 0 heterocycles. The number of guanidine groups is 1. The first-order chi connectivity index (χ1) is 13.0. The first-order valence-corrected chi connectivity index (χ1v) is 9.49. The van der Waals surface area contributed by atoms with Crippen molar-refractivity contribution in [3.8, 4) is 0 Å². The van der Waals surface area contributed by atoms with Crippen LogP contribution in [0.25, 0.3) is 0 Å². The molecule has 10 heteroatoms. The van der Waals surface area contributed by atoms with E-state index in [2.05, 4.69) is 20.9 Å². The second-order valence-corrected chi connectivity index (χ2v) is 9.28. The van der Waals surface area contributed by atoms with E-state index in [4.69, 9.17) is 14.2 Å². The van der Waals surface area contributed by atoms with E-state index in [0.717, 1.165) is 0 Å². The summed E-state index contributed by atoms with van der Waals surface area (Å²) in [5, 5.41) is 7.82. The Bertz CT molecular complexity index is 597. The molecule has 0 aromatic carbocycles. The van der Waals surface area contributed by atoms with Crippen molar-refractivity contribution >= 4 is 24.2 Å². The van der Waals surface area contributed by atoms with Gasteiger partial charge in [0.25, 0.3) is 0 Å². The van der Waals surface area contributed by atoms with Gasteiger partial charge < -0.3 is 24.8 Å². The van der Waals surface area contributed by atoms with Crippen molar-refractivity contribution in [2.45, 2.75) is 85.5 Å². The van der Waals surface area contributed by atoms with Gasteiger partial charge in [-0.1, -0.05) is 0 Å². The first kappa shape index (κ1) is 26.5. The van der Waals surface area contributed by atoms with Gasteiger partial charge in [-0.05, 0) is 68.7 Å². The molecule has 0 unspecified atom stereocenters.